The number of phenolic OH excluding ortho intramolecular Hbond substituents is 2. The topological polar surface area (TPSA) is 61.7 Å². The largest absolute Gasteiger partial charge is 0.507 e. The van der Waals surface area contributed by atoms with Crippen molar-refractivity contribution in [2.45, 2.75) is 13.0 Å². The van der Waals surface area contributed by atoms with Gasteiger partial charge in [-0.25, -0.2) is 4.39 Å². The van der Waals surface area contributed by atoms with E-state index < -0.39 is 5.82 Å². The van der Waals surface area contributed by atoms with E-state index in [1.54, 1.807) is 19.1 Å². The van der Waals surface area contributed by atoms with E-state index in [-0.39, 0.29) is 23.3 Å². The van der Waals surface area contributed by atoms with Crippen molar-refractivity contribution < 1.29 is 19.3 Å². The van der Waals surface area contributed by atoms with Crippen LogP contribution in [-0.2, 0) is 0 Å². The molecule has 0 aliphatic rings. The summed E-state index contributed by atoms with van der Waals surface area (Å²) in [4.78, 5) is 0. The Hall–Kier alpha value is -2.43. The molecule has 0 heterocycles. The average Bonchev–Trinajstić information content (AvgIpc) is 2.38. The Kier molecular flexibility index (Phi) is 3.98. The summed E-state index contributed by atoms with van der Waals surface area (Å²) in [6.45, 7) is 1.76. The Morgan fingerprint density at radius 1 is 1.15 bits per heavy atom. The van der Waals surface area contributed by atoms with Crippen LogP contribution in [-0.4, -0.2) is 17.3 Å². The van der Waals surface area contributed by atoms with Gasteiger partial charge >= 0.3 is 0 Å². The second-order valence-corrected chi connectivity index (χ2v) is 4.43. The van der Waals surface area contributed by atoms with Crippen molar-refractivity contribution in [3.63, 3.8) is 0 Å². The highest BCUT2D eigenvalue weighted by Gasteiger charge is 2.15. The normalized spacial score (nSPS) is 11.9. The molecule has 0 bridgehead atoms. The number of nitrogens with one attached hydrogen (secondary N) is 1. The number of methoxy groups -OCH3 is 1. The Morgan fingerprint density at radius 3 is 2.35 bits per heavy atom. The molecule has 0 fully saturated rings. The zero-order chi connectivity index (χ0) is 14.7. The third-order valence-electron chi connectivity index (χ3n) is 3.03. The minimum absolute atomic E-state index is 0.0148. The monoisotopic (exact) mass is 277 g/mol. The van der Waals surface area contributed by atoms with Crippen LogP contribution in [0.1, 0.15) is 18.5 Å². The maximum Gasteiger partial charge on any atom is 0.167 e. The lowest BCUT2D eigenvalue weighted by Gasteiger charge is -2.18. The summed E-state index contributed by atoms with van der Waals surface area (Å²) in [7, 11) is 1.40. The van der Waals surface area contributed by atoms with Crippen LogP contribution in [0.25, 0.3) is 0 Å². The fourth-order valence-electron chi connectivity index (χ4n) is 2.06. The van der Waals surface area contributed by atoms with E-state index in [2.05, 4.69) is 5.32 Å². The van der Waals surface area contributed by atoms with Crippen molar-refractivity contribution in [1.82, 2.24) is 0 Å². The zero-order valence-corrected chi connectivity index (χ0v) is 11.2. The zero-order valence-electron chi connectivity index (χ0n) is 11.2. The number of rotatable bonds is 4. The molecule has 2 rings (SSSR count). The molecule has 1 atom stereocenters. The summed E-state index contributed by atoms with van der Waals surface area (Å²) in [5, 5.41) is 22.6. The first kappa shape index (κ1) is 14.0. The van der Waals surface area contributed by atoms with Gasteiger partial charge in [-0.05, 0) is 31.2 Å². The molecule has 0 saturated carbocycles. The van der Waals surface area contributed by atoms with Crippen molar-refractivity contribution in [2.75, 3.05) is 12.4 Å². The molecule has 0 aliphatic heterocycles. The Morgan fingerprint density at radius 2 is 1.80 bits per heavy atom. The van der Waals surface area contributed by atoms with E-state index in [4.69, 9.17) is 4.74 Å². The average molecular weight is 277 g/mol. The van der Waals surface area contributed by atoms with Gasteiger partial charge < -0.3 is 20.3 Å². The number of phenols is 2. The van der Waals surface area contributed by atoms with Crippen LogP contribution in [0.4, 0.5) is 10.1 Å². The molecule has 20 heavy (non-hydrogen) atoms. The molecule has 0 spiro atoms. The molecule has 0 saturated heterocycles. The summed E-state index contributed by atoms with van der Waals surface area (Å²) in [5.74, 6) is -0.349. The molecule has 3 N–H and O–H groups in total. The van der Waals surface area contributed by atoms with Gasteiger partial charge in [-0.2, -0.15) is 0 Å². The lowest BCUT2D eigenvalue weighted by atomic mass is 10.1. The number of anilines is 1. The minimum atomic E-state index is -0.480. The predicted molar refractivity (Wildman–Crippen MR) is 74.8 cm³/mol. The molecule has 106 valence electrons. The summed E-state index contributed by atoms with van der Waals surface area (Å²) in [5.41, 5.74) is 0.891. The highest BCUT2D eigenvalue weighted by Crippen LogP contribution is 2.34. The van der Waals surface area contributed by atoms with E-state index in [0.29, 0.717) is 11.3 Å². The van der Waals surface area contributed by atoms with Crippen molar-refractivity contribution in [2.24, 2.45) is 0 Å². The maximum absolute atomic E-state index is 13.6. The standard InChI is InChI=1S/C15H16FNO3/c1-9(15-12(18)4-3-5-13(15)19)17-10-6-7-14(20-2)11(16)8-10/h3-9,17-19H,1-2H3. The van der Waals surface area contributed by atoms with Gasteiger partial charge in [-0.1, -0.05) is 6.07 Å². The first-order valence-corrected chi connectivity index (χ1v) is 6.14. The second kappa shape index (κ2) is 5.69. The first-order chi connectivity index (χ1) is 9.52. The van der Waals surface area contributed by atoms with Gasteiger partial charge in [0.05, 0.1) is 18.7 Å². The van der Waals surface area contributed by atoms with E-state index in [1.165, 1.54) is 31.4 Å². The van der Waals surface area contributed by atoms with Crippen molar-refractivity contribution in [3.05, 3.63) is 47.8 Å². The van der Waals surface area contributed by atoms with Crippen LogP contribution >= 0.6 is 0 Å². The first-order valence-electron chi connectivity index (χ1n) is 6.14. The van der Waals surface area contributed by atoms with Crippen molar-refractivity contribution in [1.29, 1.82) is 0 Å². The third-order valence-corrected chi connectivity index (χ3v) is 3.03. The summed E-state index contributed by atoms with van der Waals surface area (Å²) in [6, 6.07) is 8.61. The van der Waals surface area contributed by atoms with Crippen LogP contribution < -0.4 is 10.1 Å². The van der Waals surface area contributed by atoms with Gasteiger partial charge in [-0.3, -0.25) is 0 Å². The second-order valence-electron chi connectivity index (χ2n) is 4.43. The number of ether oxygens (including phenoxy) is 1. The van der Waals surface area contributed by atoms with Gasteiger partial charge in [0.15, 0.2) is 11.6 Å². The lowest BCUT2D eigenvalue weighted by molar-refractivity contribution is 0.386. The summed E-state index contributed by atoms with van der Waals surface area (Å²) < 4.78 is 18.4. The van der Waals surface area contributed by atoms with E-state index in [1.807, 2.05) is 0 Å². The molecule has 5 heteroatoms. The fourth-order valence-corrected chi connectivity index (χ4v) is 2.06. The van der Waals surface area contributed by atoms with Gasteiger partial charge in [0.1, 0.15) is 11.5 Å². The van der Waals surface area contributed by atoms with Gasteiger partial charge in [0.2, 0.25) is 0 Å². The molecule has 0 radical (unpaired) electrons. The van der Waals surface area contributed by atoms with Crippen LogP contribution in [0.5, 0.6) is 17.2 Å². The highest BCUT2D eigenvalue weighted by molar-refractivity contribution is 5.53. The van der Waals surface area contributed by atoms with Crippen molar-refractivity contribution >= 4 is 5.69 Å². The predicted octanol–water partition coefficient (Wildman–Crippen LogP) is 3.42. The molecule has 2 aromatic carbocycles. The molecule has 0 aromatic heterocycles. The molecule has 0 amide bonds. The van der Waals surface area contributed by atoms with Crippen LogP contribution in [0.15, 0.2) is 36.4 Å². The van der Waals surface area contributed by atoms with Gasteiger partial charge in [0.25, 0.3) is 0 Å². The quantitative estimate of drug-likeness (QED) is 0.801. The summed E-state index contributed by atoms with van der Waals surface area (Å²) in [6.07, 6.45) is 0. The Labute approximate surface area is 116 Å². The Balaban J connectivity index is 2.23. The molecular formula is C15H16FNO3. The maximum atomic E-state index is 13.6. The lowest BCUT2D eigenvalue weighted by Crippen LogP contribution is -2.07. The Bertz CT molecular complexity index is 596. The fraction of sp³-hybridized carbons (Fsp3) is 0.200. The number of hydrogen-bond acceptors (Lipinski definition) is 4. The third kappa shape index (κ3) is 2.77. The van der Waals surface area contributed by atoms with E-state index in [9.17, 15) is 14.6 Å². The number of benzene rings is 2. The minimum Gasteiger partial charge on any atom is -0.507 e. The molecular weight excluding hydrogens is 261 g/mol. The number of aromatic hydroxyl groups is 2. The SMILES string of the molecule is COc1ccc(NC(C)c2c(O)cccc2O)cc1F. The molecule has 0 aliphatic carbocycles. The summed E-state index contributed by atoms with van der Waals surface area (Å²) >= 11 is 0. The van der Waals surface area contributed by atoms with Gasteiger partial charge in [0, 0.05) is 11.8 Å². The van der Waals surface area contributed by atoms with Crippen LogP contribution in [0.3, 0.4) is 0 Å². The molecule has 2 aromatic rings. The van der Waals surface area contributed by atoms with Crippen molar-refractivity contribution in [3.8, 4) is 17.2 Å². The number of halogens is 1. The molecule has 1 unspecified atom stereocenters. The van der Waals surface area contributed by atoms with E-state index >= 15 is 0 Å². The highest BCUT2D eigenvalue weighted by atomic mass is 19.1. The van der Waals surface area contributed by atoms with E-state index in [0.717, 1.165) is 0 Å². The van der Waals surface area contributed by atoms with Crippen LogP contribution in [0.2, 0.25) is 0 Å². The van der Waals surface area contributed by atoms with Crippen LogP contribution in [0, 0.1) is 5.82 Å². The smallest absolute Gasteiger partial charge is 0.167 e. The number of hydrogen-bond donors (Lipinski definition) is 3. The molecule has 4 nitrogen and oxygen atoms in total. The van der Waals surface area contributed by atoms with Gasteiger partial charge in [-0.15, -0.1) is 0 Å².